The van der Waals surface area contributed by atoms with E-state index >= 15 is 0 Å². The molecule has 0 atom stereocenters. The Morgan fingerprint density at radius 2 is 1.91 bits per heavy atom. The summed E-state index contributed by atoms with van der Waals surface area (Å²) in [5, 5.41) is 2.72. The highest BCUT2D eigenvalue weighted by Gasteiger charge is 2.08. The quantitative estimate of drug-likeness (QED) is 0.750. The summed E-state index contributed by atoms with van der Waals surface area (Å²) in [5.74, 6) is 0.571. The van der Waals surface area contributed by atoms with Gasteiger partial charge in [0.2, 0.25) is 0 Å². The molecule has 2 rings (SSSR count). The van der Waals surface area contributed by atoms with Crippen LogP contribution in [0.2, 0.25) is 0 Å². The summed E-state index contributed by atoms with van der Waals surface area (Å²) in [5.41, 5.74) is 1.93. The molecule has 120 valence electrons. The van der Waals surface area contributed by atoms with E-state index in [1.807, 2.05) is 50.4 Å². The average molecular weight is 321 g/mol. The summed E-state index contributed by atoms with van der Waals surface area (Å²) in [7, 11) is 0. The number of aryl methyl sites for hydroxylation is 1. The summed E-state index contributed by atoms with van der Waals surface area (Å²) in [6.45, 7) is 8.63. The van der Waals surface area contributed by atoms with Gasteiger partial charge in [0.25, 0.3) is 0 Å². The molecule has 5 heteroatoms. The van der Waals surface area contributed by atoms with Crippen molar-refractivity contribution in [3.05, 3.63) is 45.9 Å². The fourth-order valence-corrected chi connectivity index (χ4v) is 2.34. The number of thiazole rings is 1. The van der Waals surface area contributed by atoms with Crippen molar-refractivity contribution < 1.29 is 14.3 Å². The lowest BCUT2D eigenvalue weighted by Crippen LogP contribution is -2.07. The first-order chi connectivity index (χ1) is 10.7. The van der Waals surface area contributed by atoms with Crippen LogP contribution < -0.4 is 4.74 Å². The van der Waals surface area contributed by atoms with Gasteiger partial charge in [-0.2, -0.15) is 0 Å². The van der Waals surface area contributed by atoms with Gasteiger partial charge in [0.15, 0.2) is 0 Å². The number of esters is 1. The molecule has 0 bridgehead atoms. The van der Waals surface area contributed by atoms with Crippen LogP contribution in [0.5, 0.6) is 5.75 Å². The molecule has 0 fully saturated rings. The number of aromatic nitrogens is 1. The fraction of sp³-hybridized carbons (Fsp3) is 0.412. The molecular weight excluding hydrogens is 298 g/mol. The molecule has 0 N–H and O–H groups in total. The predicted octanol–water partition coefficient (Wildman–Crippen LogP) is 4.16. The summed E-state index contributed by atoms with van der Waals surface area (Å²) >= 11 is 1.49. The molecule has 0 aliphatic heterocycles. The molecule has 4 nitrogen and oxygen atoms in total. The largest absolute Gasteiger partial charge is 0.486 e. The molecule has 0 unspecified atom stereocenters. The lowest BCUT2D eigenvalue weighted by molar-refractivity contribution is -0.142. The first-order valence-electron chi connectivity index (χ1n) is 7.45. The number of hydrogen-bond donors (Lipinski definition) is 0. The first-order valence-corrected chi connectivity index (χ1v) is 8.33. The number of hydrogen-bond acceptors (Lipinski definition) is 5. The fourth-order valence-electron chi connectivity index (χ4n) is 1.64. The van der Waals surface area contributed by atoms with Crippen molar-refractivity contribution in [2.24, 2.45) is 0 Å². The van der Waals surface area contributed by atoms with Gasteiger partial charge in [-0.25, -0.2) is 4.98 Å². The van der Waals surface area contributed by atoms with Gasteiger partial charge < -0.3 is 9.47 Å². The first kappa shape index (κ1) is 18.2. The average Bonchev–Trinajstić information content (AvgIpc) is 2.96. The number of nitrogens with zero attached hydrogens (tertiary/aromatic N) is 1. The van der Waals surface area contributed by atoms with Crippen LogP contribution >= 0.6 is 11.3 Å². The molecule has 22 heavy (non-hydrogen) atoms. The molecule has 1 aromatic heterocycles. The second-order valence-corrected chi connectivity index (χ2v) is 5.26. The van der Waals surface area contributed by atoms with Crippen molar-refractivity contribution in [1.82, 2.24) is 4.98 Å². The highest BCUT2D eigenvalue weighted by atomic mass is 32.1. The van der Waals surface area contributed by atoms with E-state index in [-0.39, 0.29) is 12.4 Å². The van der Waals surface area contributed by atoms with Crippen LogP contribution in [0, 0.1) is 6.92 Å². The van der Waals surface area contributed by atoms with Crippen LogP contribution in [0.3, 0.4) is 0 Å². The third-order valence-corrected chi connectivity index (χ3v) is 3.48. The topological polar surface area (TPSA) is 48.4 Å². The minimum absolute atomic E-state index is 0.217. The minimum atomic E-state index is -0.246. The molecule has 0 saturated carbocycles. The van der Waals surface area contributed by atoms with Crippen LogP contribution in [0.1, 0.15) is 37.0 Å². The Labute approximate surface area is 136 Å². The Morgan fingerprint density at radius 3 is 2.55 bits per heavy atom. The minimum Gasteiger partial charge on any atom is -0.486 e. The summed E-state index contributed by atoms with van der Waals surface area (Å²) in [4.78, 5) is 15.7. The zero-order chi connectivity index (χ0) is 16.4. The van der Waals surface area contributed by atoms with E-state index in [1.54, 1.807) is 6.92 Å². The number of rotatable bonds is 6. The highest BCUT2D eigenvalue weighted by molar-refractivity contribution is 7.09. The standard InChI is InChI=1S/C15H17NO3S.C2H6/c1-3-18-15(17)8-12-10-20-14(16-12)9-19-13-6-4-11(2)5-7-13;1-2/h4-7,10H,3,8-9H2,1-2H3;1-2H3. The van der Waals surface area contributed by atoms with Gasteiger partial charge in [0, 0.05) is 5.38 Å². The number of ether oxygens (including phenoxy) is 2. The van der Waals surface area contributed by atoms with E-state index in [0.29, 0.717) is 13.2 Å². The van der Waals surface area contributed by atoms with Gasteiger partial charge >= 0.3 is 5.97 Å². The number of benzene rings is 1. The van der Waals surface area contributed by atoms with Gasteiger partial charge in [-0.05, 0) is 26.0 Å². The van der Waals surface area contributed by atoms with Crippen molar-refractivity contribution in [1.29, 1.82) is 0 Å². The maximum Gasteiger partial charge on any atom is 0.311 e. The molecule has 1 heterocycles. The van der Waals surface area contributed by atoms with Crippen LogP contribution in [0.4, 0.5) is 0 Å². The third-order valence-electron chi connectivity index (χ3n) is 2.61. The van der Waals surface area contributed by atoms with Crippen molar-refractivity contribution >= 4 is 17.3 Å². The Hall–Kier alpha value is -1.88. The zero-order valence-corrected chi connectivity index (χ0v) is 14.4. The van der Waals surface area contributed by atoms with Crippen LogP contribution in [0.15, 0.2) is 29.6 Å². The molecular formula is C17H23NO3S. The molecule has 2 aromatic rings. The maximum atomic E-state index is 11.3. The van der Waals surface area contributed by atoms with Gasteiger partial charge in [-0.3, -0.25) is 4.79 Å². The van der Waals surface area contributed by atoms with E-state index in [4.69, 9.17) is 9.47 Å². The van der Waals surface area contributed by atoms with Crippen LogP contribution in [-0.2, 0) is 22.6 Å². The molecule has 0 spiro atoms. The maximum absolute atomic E-state index is 11.3. The molecule has 0 radical (unpaired) electrons. The molecule has 0 amide bonds. The van der Waals surface area contributed by atoms with Crippen molar-refractivity contribution in [2.75, 3.05) is 6.61 Å². The third kappa shape index (κ3) is 6.26. The van der Waals surface area contributed by atoms with Crippen LogP contribution in [-0.4, -0.2) is 17.6 Å². The van der Waals surface area contributed by atoms with E-state index in [9.17, 15) is 4.79 Å². The van der Waals surface area contributed by atoms with Crippen molar-refractivity contribution in [3.63, 3.8) is 0 Å². The van der Waals surface area contributed by atoms with E-state index in [0.717, 1.165) is 16.5 Å². The molecule has 0 saturated heterocycles. The molecule has 1 aromatic carbocycles. The summed E-state index contributed by atoms with van der Waals surface area (Å²) in [6, 6.07) is 7.87. The SMILES string of the molecule is CC.CCOC(=O)Cc1csc(COc2ccc(C)cc2)n1. The summed E-state index contributed by atoms with van der Waals surface area (Å²) < 4.78 is 10.5. The van der Waals surface area contributed by atoms with Gasteiger partial charge in [0.1, 0.15) is 17.4 Å². The second kappa shape index (κ2) is 9.95. The second-order valence-electron chi connectivity index (χ2n) is 4.32. The van der Waals surface area contributed by atoms with E-state index in [1.165, 1.54) is 16.9 Å². The normalized spacial score (nSPS) is 9.64. The van der Waals surface area contributed by atoms with Crippen molar-refractivity contribution in [3.8, 4) is 5.75 Å². The predicted molar refractivity (Wildman–Crippen MR) is 89.3 cm³/mol. The Bertz CT molecular complexity index is 564. The highest BCUT2D eigenvalue weighted by Crippen LogP contribution is 2.16. The van der Waals surface area contributed by atoms with Gasteiger partial charge in [-0.15, -0.1) is 11.3 Å². The molecule has 0 aliphatic carbocycles. The number of carbonyl (C=O) groups excluding carboxylic acids is 1. The van der Waals surface area contributed by atoms with Crippen LogP contribution in [0.25, 0.3) is 0 Å². The monoisotopic (exact) mass is 321 g/mol. The van der Waals surface area contributed by atoms with Crippen molar-refractivity contribution in [2.45, 2.75) is 40.7 Å². The Balaban J connectivity index is 0.00000116. The van der Waals surface area contributed by atoms with E-state index in [2.05, 4.69) is 4.98 Å². The lowest BCUT2D eigenvalue weighted by atomic mass is 10.2. The van der Waals surface area contributed by atoms with Gasteiger partial charge in [0.05, 0.1) is 18.7 Å². The zero-order valence-electron chi connectivity index (χ0n) is 13.6. The lowest BCUT2D eigenvalue weighted by Gasteiger charge is -2.03. The summed E-state index contributed by atoms with van der Waals surface area (Å²) in [6.07, 6.45) is 0.217. The van der Waals surface area contributed by atoms with E-state index < -0.39 is 0 Å². The van der Waals surface area contributed by atoms with Gasteiger partial charge in [-0.1, -0.05) is 31.5 Å². The number of carbonyl (C=O) groups is 1. The smallest absolute Gasteiger partial charge is 0.311 e. The Morgan fingerprint density at radius 1 is 1.23 bits per heavy atom. The Kier molecular flexibility index (Phi) is 8.22. The molecule has 0 aliphatic rings.